The molecule has 0 heteroatoms. The molecule has 0 aliphatic rings. The third kappa shape index (κ3) is 4.15. The highest BCUT2D eigenvalue weighted by Crippen LogP contribution is 2.47. The molecule has 0 fully saturated rings. The second-order valence-corrected chi connectivity index (χ2v) is 10.7. The van der Waals surface area contributed by atoms with E-state index in [0.717, 1.165) is 0 Å². The Kier molecular flexibility index (Phi) is 3.30. The Bertz CT molecular complexity index is 3460. The van der Waals surface area contributed by atoms with Crippen molar-refractivity contribution in [1.29, 1.82) is 0 Å². The van der Waals surface area contributed by atoms with Crippen molar-refractivity contribution in [2.45, 2.75) is 0 Å². The molecule has 214 valence electrons. The molecule has 0 nitrogen and oxygen atoms in total. The number of benzene rings is 9. The van der Waals surface area contributed by atoms with Crippen molar-refractivity contribution >= 4 is 43.1 Å². The zero-order valence-electron chi connectivity index (χ0n) is 41.9. The largest absolute Gasteiger partial charge is 0.0629 e. The highest BCUT2D eigenvalue weighted by Gasteiger charge is 2.19. The summed E-state index contributed by atoms with van der Waals surface area (Å²) >= 11 is 0. The van der Waals surface area contributed by atoms with Gasteiger partial charge in [0.25, 0.3) is 0 Å². The van der Waals surface area contributed by atoms with E-state index in [2.05, 4.69) is 0 Å². The van der Waals surface area contributed by atoms with Gasteiger partial charge >= 0.3 is 0 Å². The fourth-order valence-electron chi connectivity index (χ4n) is 6.42. The van der Waals surface area contributed by atoms with E-state index in [1.807, 2.05) is 18.2 Å². The van der Waals surface area contributed by atoms with Crippen molar-refractivity contribution in [2.24, 2.45) is 0 Å². The summed E-state index contributed by atoms with van der Waals surface area (Å²) in [6.45, 7) is 0. The molecule has 9 rings (SSSR count). The molecular weight excluding hydrogens is 553 g/mol. The molecule has 0 unspecified atom stereocenters. The third-order valence-corrected chi connectivity index (χ3v) is 8.30. The maximum Gasteiger partial charge on any atom is 0.0629 e. The van der Waals surface area contributed by atoms with Crippen LogP contribution in [0.25, 0.3) is 87.6 Å². The third-order valence-electron chi connectivity index (χ3n) is 8.30. The summed E-state index contributed by atoms with van der Waals surface area (Å²) < 4.78 is 158. The lowest BCUT2D eigenvalue weighted by atomic mass is 9.83. The summed E-state index contributed by atoms with van der Waals surface area (Å²) in [6, 6.07) is 10.2. The van der Waals surface area contributed by atoms with E-state index in [1.54, 1.807) is 54.6 Å². The Morgan fingerprint density at radius 2 is 0.652 bits per heavy atom. The molecule has 9 aromatic carbocycles. The van der Waals surface area contributed by atoms with Crippen LogP contribution in [0.5, 0.6) is 0 Å². The van der Waals surface area contributed by atoms with Crippen LogP contribution < -0.4 is 0 Å². The number of hydrogen-bond acceptors (Lipinski definition) is 0. The Morgan fingerprint density at radius 1 is 0.261 bits per heavy atom. The minimum atomic E-state index is -0.751. The van der Waals surface area contributed by atoms with Gasteiger partial charge in [0.05, 0.1) is 24.7 Å². The first-order valence-electron chi connectivity index (χ1n) is 23.5. The van der Waals surface area contributed by atoms with E-state index in [4.69, 9.17) is 19.2 Å². The molecule has 0 saturated carbocycles. The van der Waals surface area contributed by atoms with E-state index in [9.17, 15) is 5.48 Å². The predicted octanol–water partition coefficient (Wildman–Crippen LogP) is 13.0. The Morgan fingerprint density at radius 3 is 1.24 bits per heavy atom. The molecule has 0 amide bonds. The van der Waals surface area contributed by atoms with E-state index < -0.39 is 102 Å². The molecule has 0 N–H and O–H groups in total. The molecule has 0 bridgehead atoms. The Hall–Kier alpha value is -5.98. The van der Waals surface area contributed by atoms with Gasteiger partial charge in [-0.15, -0.1) is 0 Å². The van der Waals surface area contributed by atoms with Crippen molar-refractivity contribution < 1.29 is 24.7 Å². The summed E-state index contributed by atoms with van der Waals surface area (Å²) in [5.41, 5.74) is 1.24. The molecule has 0 heterocycles. The second kappa shape index (κ2) is 10.9. The smallest absolute Gasteiger partial charge is 0.0622 e. The first-order valence-corrected chi connectivity index (χ1v) is 14.5. The summed E-state index contributed by atoms with van der Waals surface area (Å²) in [5, 5.41) is 1.37. The van der Waals surface area contributed by atoms with Gasteiger partial charge in [0.2, 0.25) is 0 Å². The lowest BCUT2D eigenvalue weighted by molar-refractivity contribution is 1.64. The van der Waals surface area contributed by atoms with Gasteiger partial charge < -0.3 is 0 Å². The molecule has 46 heavy (non-hydrogen) atoms. The molecule has 0 saturated heterocycles. The van der Waals surface area contributed by atoms with Gasteiger partial charge in [0.15, 0.2) is 0 Å². The fraction of sp³-hybridized carbons (Fsp3) is 0. The highest BCUT2D eigenvalue weighted by atomic mass is 14.2. The minimum absolute atomic E-state index is 0.00394. The number of hydrogen-bond donors (Lipinski definition) is 0. The molecule has 0 spiro atoms. The first kappa shape index (κ1) is 14.0. The fourth-order valence-corrected chi connectivity index (χ4v) is 6.42. The monoisotopic (exact) mass is 600 g/mol. The van der Waals surface area contributed by atoms with E-state index in [0.29, 0.717) is 43.8 Å². The molecular formula is C46H30. The quantitative estimate of drug-likeness (QED) is 0.176. The minimum Gasteiger partial charge on any atom is -0.0622 e. The van der Waals surface area contributed by atoms with Gasteiger partial charge in [-0.05, 0) is 87.6 Å². The number of rotatable bonds is 4. The first-order chi connectivity index (χ1) is 30.3. The molecule has 0 aliphatic heterocycles. The maximum atomic E-state index is 9.39. The zero-order valence-corrected chi connectivity index (χ0v) is 23.9. The van der Waals surface area contributed by atoms with Gasteiger partial charge in [-0.1, -0.05) is 182 Å². The van der Waals surface area contributed by atoms with Crippen LogP contribution in [0, 0.1) is 0 Å². The average molecular weight is 601 g/mol. The highest BCUT2D eigenvalue weighted by molar-refractivity contribution is 6.24. The van der Waals surface area contributed by atoms with Crippen LogP contribution in [0.3, 0.4) is 0 Å². The Labute approximate surface area is 294 Å². The van der Waals surface area contributed by atoms with Crippen molar-refractivity contribution in [3.63, 3.8) is 0 Å². The summed E-state index contributed by atoms with van der Waals surface area (Å²) in [4.78, 5) is 0. The van der Waals surface area contributed by atoms with E-state index in [1.165, 1.54) is 0 Å². The van der Waals surface area contributed by atoms with Gasteiger partial charge in [-0.2, -0.15) is 0 Å². The second-order valence-electron chi connectivity index (χ2n) is 10.7. The molecule has 0 aromatic heterocycles. The summed E-state index contributed by atoms with van der Waals surface area (Å²) in [6.07, 6.45) is 0. The Balaban J connectivity index is 1.45. The van der Waals surface area contributed by atoms with Gasteiger partial charge in [-0.25, -0.2) is 0 Å². The topological polar surface area (TPSA) is 0 Å². The van der Waals surface area contributed by atoms with E-state index in [-0.39, 0.29) is 50.3 Å². The van der Waals surface area contributed by atoms with Crippen molar-refractivity contribution in [1.82, 2.24) is 0 Å². The van der Waals surface area contributed by atoms with Crippen LogP contribution in [0.15, 0.2) is 182 Å². The zero-order chi connectivity index (χ0) is 46.1. The van der Waals surface area contributed by atoms with Crippen LogP contribution in [0.1, 0.15) is 24.7 Å². The molecule has 9 aromatic rings. The molecule has 0 aliphatic carbocycles. The number of fused-ring (bicyclic) bond motifs is 4. The lowest BCUT2D eigenvalue weighted by Crippen LogP contribution is -1.92. The van der Waals surface area contributed by atoms with Crippen LogP contribution >= 0.6 is 0 Å². The average Bonchev–Trinajstić information content (AvgIpc) is 3.30. The SMILES string of the molecule is [2H]c1c([2H])c([2H])c(-c2cccc3c(-c4ccc(-c5c6c([2H])c([2H])c([2H])c([2H])c6c(-c6c([2H])c([2H])c([2H])c([2H])c6[2H])c6c([2H])c([2H])c([2H])c([2H])c56)c5ccccc45)cccc23)c([2H])c1[2H]. The van der Waals surface area contributed by atoms with Crippen molar-refractivity contribution in [2.75, 3.05) is 0 Å². The normalized spacial score (nSPS) is 17.0. The van der Waals surface area contributed by atoms with Crippen LogP contribution in [0.2, 0.25) is 0 Å². The van der Waals surface area contributed by atoms with Gasteiger partial charge in [-0.3, -0.25) is 0 Å². The van der Waals surface area contributed by atoms with Crippen molar-refractivity contribution in [3.05, 3.63) is 182 Å². The van der Waals surface area contributed by atoms with Gasteiger partial charge in [0.1, 0.15) is 0 Å². The summed E-state index contributed by atoms with van der Waals surface area (Å²) in [7, 11) is 0. The predicted molar refractivity (Wildman–Crippen MR) is 198 cm³/mol. The van der Waals surface area contributed by atoms with E-state index >= 15 is 0 Å². The lowest BCUT2D eigenvalue weighted by Gasteiger charge is -2.20. The van der Waals surface area contributed by atoms with Crippen LogP contribution in [0.4, 0.5) is 0 Å². The van der Waals surface area contributed by atoms with Crippen LogP contribution in [-0.2, 0) is 0 Å². The van der Waals surface area contributed by atoms with Crippen molar-refractivity contribution in [3.8, 4) is 44.5 Å². The van der Waals surface area contributed by atoms with Crippen LogP contribution in [-0.4, -0.2) is 0 Å². The summed E-state index contributed by atoms with van der Waals surface area (Å²) in [5.74, 6) is 0. The standard InChI is InChI=1S/C46H30/c1-3-15-31(16-4-1)33-25-13-27-36-34(33)26-14-28-37(36)39-29-30-44(38-20-8-7-19-35(38)39)46-42-23-11-9-21-40(42)45(32-17-5-2-6-18-32)41-22-10-12-24-43(41)46/h1-30H/i1D,2D,3D,4D,5D,6D,9D,10D,11D,12D,15D,16D,17D,18D,21D,22D,23D,24D. The van der Waals surface area contributed by atoms with Gasteiger partial charge in [0, 0.05) is 0 Å². The molecule has 0 radical (unpaired) electrons. The molecule has 0 atom stereocenters. The maximum absolute atomic E-state index is 9.39.